The standard InChI is InChI=1S/C24H33NO5/c1-15-16-6-7-24(22(15)27)20(13-16)19(3-2-17-12-18(17)4-5-21(24)26)14-30-23(28)25-8-10-29-11-9-25/h16-20H,1-14H2. The minimum Gasteiger partial charge on any atom is -0.449 e. The summed E-state index contributed by atoms with van der Waals surface area (Å²) in [6.45, 7) is 6.57. The van der Waals surface area contributed by atoms with Crippen LogP contribution in [0.25, 0.3) is 0 Å². The first-order valence-electron chi connectivity index (χ1n) is 11.8. The Bertz CT molecular complexity index is 757. The molecule has 6 rings (SSSR count). The van der Waals surface area contributed by atoms with Gasteiger partial charge in [0, 0.05) is 19.5 Å². The summed E-state index contributed by atoms with van der Waals surface area (Å²) in [5.74, 6) is 1.71. The predicted molar refractivity (Wildman–Crippen MR) is 110 cm³/mol. The zero-order chi connectivity index (χ0) is 20.9. The van der Waals surface area contributed by atoms with E-state index < -0.39 is 5.41 Å². The first kappa shape index (κ1) is 20.2. The van der Waals surface area contributed by atoms with E-state index in [1.54, 1.807) is 4.90 Å². The first-order chi connectivity index (χ1) is 14.5. The highest BCUT2D eigenvalue weighted by molar-refractivity contribution is 6.16. The molecule has 1 aliphatic heterocycles. The van der Waals surface area contributed by atoms with Crippen molar-refractivity contribution in [2.75, 3.05) is 32.9 Å². The maximum absolute atomic E-state index is 13.5. The van der Waals surface area contributed by atoms with E-state index >= 15 is 0 Å². The highest BCUT2D eigenvalue weighted by Gasteiger charge is 2.61. The lowest BCUT2D eigenvalue weighted by molar-refractivity contribution is -0.154. The number of allylic oxidation sites excluding steroid dienone is 1. The average molecular weight is 416 g/mol. The Hall–Kier alpha value is -1.69. The molecule has 5 aliphatic carbocycles. The Morgan fingerprint density at radius 3 is 2.67 bits per heavy atom. The third-order valence-corrected chi connectivity index (χ3v) is 8.72. The molecule has 1 amide bonds. The van der Waals surface area contributed by atoms with Crippen LogP contribution in [0.4, 0.5) is 4.79 Å². The molecule has 30 heavy (non-hydrogen) atoms. The van der Waals surface area contributed by atoms with Crippen molar-refractivity contribution in [3.8, 4) is 0 Å². The van der Waals surface area contributed by atoms with Crippen molar-refractivity contribution in [1.29, 1.82) is 0 Å². The summed E-state index contributed by atoms with van der Waals surface area (Å²) in [5.41, 5.74) is -0.250. The van der Waals surface area contributed by atoms with Gasteiger partial charge in [-0.1, -0.05) is 6.58 Å². The molecule has 6 heteroatoms. The fourth-order valence-corrected chi connectivity index (χ4v) is 6.75. The van der Waals surface area contributed by atoms with Crippen LogP contribution >= 0.6 is 0 Å². The van der Waals surface area contributed by atoms with Crippen LogP contribution in [0.1, 0.15) is 51.4 Å². The number of nitrogens with zero attached hydrogens (tertiary/aromatic N) is 1. The summed E-state index contributed by atoms with van der Waals surface area (Å²) in [7, 11) is 0. The topological polar surface area (TPSA) is 72.9 Å². The van der Waals surface area contributed by atoms with Gasteiger partial charge in [0.15, 0.2) is 5.78 Å². The summed E-state index contributed by atoms with van der Waals surface area (Å²) in [4.78, 5) is 41.2. The van der Waals surface area contributed by atoms with Crippen LogP contribution in [-0.4, -0.2) is 55.5 Å². The van der Waals surface area contributed by atoms with E-state index in [0.717, 1.165) is 32.1 Å². The van der Waals surface area contributed by atoms with E-state index in [2.05, 4.69) is 6.58 Å². The van der Waals surface area contributed by atoms with Crippen LogP contribution in [0, 0.1) is 35.0 Å². The van der Waals surface area contributed by atoms with Crippen LogP contribution in [0.3, 0.4) is 0 Å². The van der Waals surface area contributed by atoms with Gasteiger partial charge in [0.1, 0.15) is 5.78 Å². The van der Waals surface area contributed by atoms with Crippen LogP contribution in [0.15, 0.2) is 12.2 Å². The first-order valence-corrected chi connectivity index (χ1v) is 11.8. The number of hydrogen-bond donors (Lipinski definition) is 0. The largest absolute Gasteiger partial charge is 0.449 e. The third-order valence-electron chi connectivity index (χ3n) is 8.72. The molecule has 5 saturated carbocycles. The smallest absolute Gasteiger partial charge is 0.409 e. The van der Waals surface area contributed by atoms with Gasteiger partial charge in [0.25, 0.3) is 0 Å². The molecule has 164 valence electrons. The number of rotatable bonds is 2. The number of amides is 1. The van der Waals surface area contributed by atoms with Gasteiger partial charge in [-0.05, 0) is 80.1 Å². The molecule has 6 unspecified atom stereocenters. The lowest BCUT2D eigenvalue weighted by Crippen LogP contribution is -2.57. The minimum absolute atomic E-state index is 0.00238. The Labute approximate surface area is 178 Å². The molecule has 0 aromatic heterocycles. The molecule has 0 aromatic carbocycles. The normalized spacial score (nSPS) is 41.1. The monoisotopic (exact) mass is 415 g/mol. The van der Waals surface area contributed by atoms with Crippen molar-refractivity contribution >= 4 is 17.7 Å². The van der Waals surface area contributed by atoms with Crippen molar-refractivity contribution < 1.29 is 23.9 Å². The molecule has 6 aliphatic rings. The lowest BCUT2D eigenvalue weighted by atomic mass is 9.48. The molecular formula is C24H33NO5. The second kappa shape index (κ2) is 7.77. The van der Waals surface area contributed by atoms with Gasteiger partial charge >= 0.3 is 6.09 Å². The van der Waals surface area contributed by atoms with Crippen molar-refractivity contribution in [2.45, 2.75) is 51.4 Å². The zero-order valence-corrected chi connectivity index (χ0v) is 17.8. The molecule has 0 radical (unpaired) electrons. The fraction of sp³-hybridized carbons (Fsp3) is 0.792. The second-order valence-corrected chi connectivity index (χ2v) is 10.1. The molecule has 6 fully saturated rings. The van der Waals surface area contributed by atoms with E-state index in [0.29, 0.717) is 63.2 Å². The van der Waals surface area contributed by atoms with Crippen molar-refractivity contribution in [3.05, 3.63) is 12.2 Å². The Morgan fingerprint density at radius 1 is 1.10 bits per heavy atom. The van der Waals surface area contributed by atoms with Gasteiger partial charge in [0.2, 0.25) is 0 Å². The second-order valence-electron chi connectivity index (χ2n) is 10.1. The minimum atomic E-state index is -0.913. The maximum atomic E-state index is 13.5. The number of ketones is 2. The van der Waals surface area contributed by atoms with Crippen LogP contribution in [0.5, 0.6) is 0 Å². The summed E-state index contributed by atoms with van der Waals surface area (Å²) >= 11 is 0. The number of hydrogen-bond acceptors (Lipinski definition) is 5. The highest BCUT2D eigenvalue weighted by atomic mass is 16.6. The van der Waals surface area contributed by atoms with Gasteiger partial charge < -0.3 is 14.4 Å². The summed E-state index contributed by atoms with van der Waals surface area (Å²) in [6, 6.07) is 0. The van der Waals surface area contributed by atoms with Crippen LogP contribution in [-0.2, 0) is 19.1 Å². The summed E-state index contributed by atoms with van der Waals surface area (Å²) < 4.78 is 11.1. The van der Waals surface area contributed by atoms with Crippen LogP contribution in [0.2, 0.25) is 0 Å². The third kappa shape index (κ3) is 3.31. The number of carbonyl (C=O) groups excluding carboxylic acids is 3. The lowest BCUT2D eigenvalue weighted by Gasteiger charge is -2.53. The fourth-order valence-electron chi connectivity index (χ4n) is 6.75. The van der Waals surface area contributed by atoms with Crippen molar-refractivity contribution in [1.82, 2.24) is 4.90 Å². The Morgan fingerprint density at radius 2 is 1.87 bits per heavy atom. The van der Waals surface area contributed by atoms with Crippen molar-refractivity contribution in [2.24, 2.45) is 35.0 Å². The molecule has 1 spiro atoms. The van der Waals surface area contributed by atoms with E-state index in [1.165, 1.54) is 6.42 Å². The number of fused-ring (bicyclic) bond motifs is 3. The average Bonchev–Trinajstić information content (AvgIpc) is 3.53. The quantitative estimate of drug-likeness (QED) is 0.511. The molecule has 0 N–H and O–H groups in total. The Kier molecular flexibility index (Phi) is 5.24. The van der Waals surface area contributed by atoms with Gasteiger partial charge in [-0.15, -0.1) is 0 Å². The summed E-state index contributed by atoms with van der Waals surface area (Å²) in [6.07, 6.45) is 6.78. The van der Waals surface area contributed by atoms with Crippen molar-refractivity contribution in [3.63, 3.8) is 0 Å². The van der Waals surface area contributed by atoms with E-state index in [9.17, 15) is 14.4 Å². The number of carbonyl (C=O) groups is 3. The van der Waals surface area contributed by atoms with E-state index in [1.807, 2.05) is 0 Å². The summed E-state index contributed by atoms with van der Waals surface area (Å²) in [5, 5.41) is 0. The molecule has 6 atom stereocenters. The van der Waals surface area contributed by atoms with Gasteiger partial charge in [-0.3, -0.25) is 9.59 Å². The molecule has 2 bridgehead atoms. The van der Waals surface area contributed by atoms with Gasteiger partial charge in [-0.25, -0.2) is 4.79 Å². The number of ether oxygens (including phenoxy) is 2. The van der Waals surface area contributed by atoms with E-state index in [4.69, 9.17) is 9.47 Å². The van der Waals surface area contributed by atoms with Gasteiger partial charge in [-0.2, -0.15) is 0 Å². The predicted octanol–water partition coefficient (Wildman–Crippen LogP) is 3.39. The Balaban J connectivity index is 1.38. The zero-order valence-electron chi connectivity index (χ0n) is 17.8. The SMILES string of the molecule is C=C1C(=O)C23CCC1CC2C(COC(=O)N1CCOCC1)CCC1CC1CCC3=O. The highest BCUT2D eigenvalue weighted by Crippen LogP contribution is 2.59. The molecule has 0 aromatic rings. The molecule has 1 heterocycles. The van der Waals surface area contributed by atoms with Gasteiger partial charge in [0.05, 0.1) is 25.2 Å². The molecule has 1 saturated heterocycles. The maximum Gasteiger partial charge on any atom is 0.409 e. The van der Waals surface area contributed by atoms with E-state index in [-0.39, 0.29) is 35.4 Å². The number of Topliss-reactive ketones (excluding diaryl/α,β-unsaturated/α-hetero) is 2. The molecular weight excluding hydrogens is 382 g/mol. The van der Waals surface area contributed by atoms with Crippen LogP contribution < -0.4 is 0 Å². The molecule has 6 nitrogen and oxygen atoms in total. The number of morpholine rings is 1.